The van der Waals surface area contributed by atoms with E-state index in [1.807, 2.05) is 12.1 Å². The van der Waals surface area contributed by atoms with E-state index in [1.54, 1.807) is 36.4 Å². The van der Waals surface area contributed by atoms with E-state index in [9.17, 15) is 18.5 Å². The molecule has 0 amide bonds. The molecule has 1 aliphatic carbocycles. The topological polar surface area (TPSA) is 80.5 Å². The van der Waals surface area contributed by atoms with Crippen molar-refractivity contribution in [3.05, 3.63) is 69.8 Å². The Morgan fingerprint density at radius 2 is 1.88 bits per heavy atom. The summed E-state index contributed by atoms with van der Waals surface area (Å²) in [6.07, 6.45) is 1.20. The molecule has 2 aromatic rings. The Labute approximate surface area is 139 Å². The molecule has 1 heterocycles. The van der Waals surface area contributed by atoms with E-state index in [-0.39, 0.29) is 15.7 Å². The highest BCUT2D eigenvalue weighted by atomic mass is 32.2. The van der Waals surface area contributed by atoms with Gasteiger partial charge in [0.2, 0.25) is 6.04 Å². The van der Waals surface area contributed by atoms with Crippen LogP contribution in [0.15, 0.2) is 53.4 Å². The Bertz CT molecular complexity index is 911. The van der Waals surface area contributed by atoms with Crippen molar-refractivity contribution in [2.75, 3.05) is 10.8 Å². The van der Waals surface area contributed by atoms with Crippen molar-refractivity contribution in [3.63, 3.8) is 0 Å². The third-order valence-electron chi connectivity index (χ3n) is 4.74. The summed E-state index contributed by atoms with van der Waals surface area (Å²) in [6, 6.07) is 13.4. The minimum absolute atomic E-state index is 0.0370. The van der Waals surface area contributed by atoms with E-state index in [0.29, 0.717) is 25.1 Å². The van der Waals surface area contributed by atoms with E-state index in [2.05, 4.69) is 0 Å². The van der Waals surface area contributed by atoms with Gasteiger partial charge in [0.15, 0.2) is 0 Å². The molecular weight excluding hydrogens is 328 g/mol. The van der Waals surface area contributed by atoms with E-state index < -0.39 is 16.1 Å². The second kappa shape index (κ2) is 5.31. The molecule has 2 aromatic carbocycles. The van der Waals surface area contributed by atoms with Crippen molar-refractivity contribution in [2.24, 2.45) is 0 Å². The molecule has 24 heavy (non-hydrogen) atoms. The highest BCUT2D eigenvalue weighted by molar-refractivity contribution is 7.92. The first kappa shape index (κ1) is 15.1. The number of fused-ring (bicyclic) bond motifs is 1. The van der Waals surface area contributed by atoms with E-state index in [1.165, 1.54) is 4.31 Å². The summed E-state index contributed by atoms with van der Waals surface area (Å²) in [5, 5.41) is 10.8. The Morgan fingerprint density at radius 3 is 2.54 bits per heavy atom. The molecule has 0 bridgehead atoms. The number of nitro groups is 1. The number of sulfonamides is 1. The van der Waals surface area contributed by atoms with Gasteiger partial charge in [-0.25, -0.2) is 8.42 Å². The average Bonchev–Trinajstić information content (AvgIpc) is 3.28. The predicted octanol–water partition coefficient (Wildman–Crippen LogP) is 2.57. The van der Waals surface area contributed by atoms with E-state index >= 15 is 0 Å². The number of hydrogen-bond acceptors (Lipinski definition) is 4. The lowest BCUT2D eigenvalue weighted by atomic mass is 10.0. The minimum Gasteiger partial charge on any atom is -0.266 e. The first-order valence-corrected chi connectivity index (χ1v) is 9.26. The summed E-state index contributed by atoms with van der Waals surface area (Å²) in [5.74, 6) is -0.0370. The molecular formula is C17H16N2O4S. The van der Waals surface area contributed by atoms with Gasteiger partial charge in [0.25, 0.3) is 10.0 Å². The van der Waals surface area contributed by atoms with Crippen molar-refractivity contribution in [1.82, 2.24) is 0 Å². The molecule has 124 valence electrons. The summed E-state index contributed by atoms with van der Waals surface area (Å²) in [7, 11) is -3.57. The van der Waals surface area contributed by atoms with Gasteiger partial charge in [-0.3, -0.25) is 14.4 Å². The molecule has 0 unspecified atom stereocenters. The first-order chi connectivity index (χ1) is 11.5. The molecule has 0 N–H and O–H groups in total. The summed E-state index contributed by atoms with van der Waals surface area (Å²) in [4.78, 5) is 10.9. The van der Waals surface area contributed by atoms with Crippen LogP contribution in [-0.4, -0.2) is 25.9 Å². The van der Waals surface area contributed by atoms with Crippen LogP contribution in [0.3, 0.4) is 0 Å². The Kier molecular flexibility index (Phi) is 3.35. The second-order valence-corrected chi connectivity index (χ2v) is 8.09. The SMILES string of the molecule is O=[N+]([O-])[C@@H]1C[C@H]1c1ccc2c(c1)CCN2S(=O)(=O)c1ccccc1. The number of anilines is 1. The molecule has 4 rings (SSSR count). The molecule has 0 aromatic heterocycles. The van der Waals surface area contributed by atoms with Crippen molar-refractivity contribution in [3.8, 4) is 0 Å². The lowest BCUT2D eigenvalue weighted by Gasteiger charge is -2.19. The fraction of sp³-hybridized carbons (Fsp3) is 0.294. The summed E-state index contributed by atoms with van der Waals surface area (Å²) in [5.41, 5.74) is 2.57. The maximum absolute atomic E-state index is 12.8. The Morgan fingerprint density at radius 1 is 1.12 bits per heavy atom. The average molecular weight is 344 g/mol. The quantitative estimate of drug-likeness (QED) is 0.631. The van der Waals surface area contributed by atoms with Gasteiger partial charge in [-0.2, -0.15) is 0 Å². The third-order valence-corrected chi connectivity index (χ3v) is 6.57. The molecule has 2 atom stereocenters. The maximum atomic E-state index is 12.8. The summed E-state index contributed by atoms with van der Waals surface area (Å²) < 4.78 is 27.0. The molecule has 2 aliphatic rings. The maximum Gasteiger partial charge on any atom is 0.264 e. The number of hydrogen-bond donors (Lipinski definition) is 0. The van der Waals surface area contributed by atoms with Crippen molar-refractivity contribution >= 4 is 15.7 Å². The van der Waals surface area contributed by atoms with E-state index in [0.717, 1.165) is 11.1 Å². The Hall–Kier alpha value is -2.41. The highest BCUT2D eigenvalue weighted by Crippen LogP contribution is 2.45. The first-order valence-electron chi connectivity index (χ1n) is 7.82. The Balaban J connectivity index is 1.65. The normalized spacial score (nSPS) is 22.2. The monoisotopic (exact) mass is 344 g/mol. The zero-order valence-electron chi connectivity index (χ0n) is 12.8. The molecule has 1 saturated carbocycles. The van der Waals surface area contributed by atoms with Crippen molar-refractivity contribution in [1.29, 1.82) is 0 Å². The predicted molar refractivity (Wildman–Crippen MR) is 89.3 cm³/mol. The van der Waals surface area contributed by atoms with Crippen LogP contribution in [0, 0.1) is 10.1 Å². The molecule has 1 aliphatic heterocycles. The van der Waals surface area contributed by atoms with Crippen LogP contribution in [0.2, 0.25) is 0 Å². The lowest BCUT2D eigenvalue weighted by Crippen LogP contribution is -2.29. The molecule has 6 nitrogen and oxygen atoms in total. The second-order valence-electron chi connectivity index (χ2n) is 6.22. The lowest BCUT2D eigenvalue weighted by molar-refractivity contribution is -0.496. The number of nitrogens with zero attached hydrogens (tertiary/aromatic N) is 2. The molecule has 0 radical (unpaired) electrons. The van der Waals surface area contributed by atoms with Gasteiger partial charge >= 0.3 is 0 Å². The molecule has 1 fully saturated rings. The fourth-order valence-corrected chi connectivity index (χ4v) is 4.89. The third kappa shape index (κ3) is 2.36. The molecule has 0 spiro atoms. The standard InChI is InChI=1S/C17H16N2O4S/c20-19(21)17-11-15(17)12-6-7-16-13(10-12)8-9-18(16)24(22,23)14-4-2-1-3-5-14/h1-7,10,15,17H,8-9,11H2/t15-,17+/m0/s1. The summed E-state index contributed by atoms with van der Waals surface area (Å²) in [6.45, 7) is 0.402. The van der Waals surface area contributed by atoms with Crippen LogP contribution in [0.1, 0.15) is 23.5 Å². The van der Waals surface area contributed by atoms with Crippen LogP contribution in [0.4, 0.5) is 5.69 Å². The van der Waals surface area contributed by atoms with Gasteiger partial charge in [0.1, 0.15) is 0 Å². The van der Waals surface area contributed by atoms with Crippen molar-refractivity contribution < 1.29 is 13.3 Å². The fourth-order valence-electron chi connectivity index (χ4n) is 3.36. The van der Waals surface area contributed by atoms with Gasteiger partial charge in [0.05, 0.1) is 16.5 Å². The van der Waals surface area contributed by atoms with Gasteiger partial charge in [0, 0.05) is 17.9 Å². The zero-order chi connectivity index (χ0) is 16.9. The van der Waals surface area contributed by atoms with Crippen LogP contribution in [0.5, 0.6) is 0 Å². The highest BCUT2D eigenvalue weighted by Gasteiger charge is 2.49. The van der Waals surface area contributed by atoms with Crippen molar-refractivity contribution in [2.45, 2.75) is 29.7 Å². The molecule has 7 heteroatoms. The van der Waals surface area contributed by atoms with Gasteiger partial charge in [-0.1, -0.05) is 30.3 Å². The van der Waals surface area contributed by atoms with Gasteiger partial charge in [-0.15, -0.1) is 0 Å². The largest absolute Gasteiger partial charge is 0.266 e. The van der Waals surface area contributed by atoms with Gasteiger partial charge in [-0.05, 0) is 35.7 Å². The summed E-state index contributed by atoms with van der Waals surface area (Å²) >= 11 is 0. The van der Waals surface area contributed by atoms with Crippen LogP contribution in [-0.2, 0) is 16.4 Å². The zero-order valence-corrected chi connectivity index (χ0v) is 13.6. The number of rotatable bonds is 4. The number of benzene rings is 2. The van der Waals surface area contributed by atoms with Crippen LogP contribution < -0.4 is 4.31 Å². The minimum atomic E-state index is -3.57. The molecule has 0 saturated heterocycles. The van der Waals surface area contributed by atoms with E-state index in [4.69, 9.17) is 0 Å². The van der Waals surface area contributed by atoms with Gasteiger partial charge < -0.3 is 0 Å². The van der Waals surface area contributed by atoms with Crippen LogP contribution in [0.25, 0.3) is 0 Å². The smallest absolute Gasteiger partial charge is 0.264 e. The van der Waals surface area contributed by atoms with Crippen LogP contribution >= 0.6 is 0 Å².